The highest BCUT2D eigenvalue weighted by Crippen LogP contribution is 2.28. The average molecular weight is 299 g/mol. The van der Waals surface area contributed by atoms with Crippen LogP contribution in [0.15, 0.2) is 18.2 Å². The van der Waals surface area contributed by atoms with Gasteiger partial charge in [0.25, 0.3) is 5.91 Å². The number of hydrogen-bond acceptors (Lipinski definition) is 2. The van der Waals surface area contributed by atoms with Gasteiger partial charge in [0.15, 0.2) is 0 Å². The van der Waals surface area contributed by atoms with Crippen molar-refractivity contribution in [2.24, 2.45) is 11.3 Å². The van der Waals surface area contributed by atoms with Gasteiger partial charge < -0.3 is 10.4 Å². The van der Waals surface area contributed by atoms with Crippen molar-refractivity contribution in [1.82, 2.24) is 5.32 Å². The second kappa shape index (κ2) is 6.65. The summed E-state index contributed by atoms with van der Waals surface area (Å²) in [6.07, 6.45) is -0.102. The van der Waals surface area contributed by atoms with Crippen LogP contribution in [0.2, 0.25) is 0 Å². The van der Waals surface area contributed by atoms with Crippen molar-refractivity contribution in [3.63, 3.8) is 0 Å². The summed E-state index contributed by atoms with van der Waals surface area (Å²) in [4.78, 5) is 22.7. The Bertz CT molecular complexity index is 538. The zero-order chi connectivity index (χ0) is 16.2. The summed E-state index contributed by atoms with van der Waals surface area (Å²) < 4.78 is 26.3. The molecule has 6 heteroatoms. The molecule has 21 heavy (non-hydrogen) atoms. The van der Waals surface area contributed by atoms with Crippen LogP contribution in [0, 0.1) is 23.0 Å². The minimum atomic E-state index is -0.961. The first-order valence-electron chi connectivity index (χ1n) is 6.56. The van der Waals surface area contributed by atoms with Crippen molar-refractivity contribution in [1.29, 1.82) is 0 Å². The normalized spacial score (nSPS) is 12.8. The molecule has 1 rings (SSSR count). The highest BCUT2D eigenvalue weighted by Gasteiger charge is 2.27. The second-order valence-electron chi connectivity index (χ2n) is 6.00. The van der Waals surface area contributed by atoms with Crippen LogP contribution >= 0.6 is 0 Å². The summed E-state index contributed by atoms with van der Waals surface area (Å²) >= 11 is 0. The fourth-order valence-corrected chi connectivity index (χ4v) is 1.88. The Morgan fingerprint density at radius 2 is 1.90 bits per heavy atom. The molecule has 0 aliphatic carbocycles. The molecule has 0 saturated heterocycles. The predicted octanol–water partition coefficient (Wildman–Crippen LogP) is 2.83. The number of carbonyl (C=O) groups excluding carboxylic acids is 1. The monoisotopic (exact) mass is 299 g/mol. The largest absolute Gasteiger partial charge is 0.481 e. The highest BCUT2D eigenvalue weighted by molar-refractivity contribution is 5.94. The number of carboxylic acids is 1. The first kappa shape index (κ1) is 17.1. The number of carboxylic acid groups (broad SMARTS) is 1. The summed E-state index contributed by atoms with van der Waals surface area (Å²) in [5.41, 5.74) is -0.591. The molecule has 2 N–H and O–H groups in total. The third kappa shape index (κ3) is 5.13. The van der Waals surface area contributed by atoms with E-state index < -0.39 is 23.5 Å². The molecule has 0 fully saturated rings. The fraction of sp³-hybridized carbons (Fsp3) is 0.467. The number of benzene rings is 1. The summed E-state index contributed by atoms with van der Waals surface area (Å²) in [6, 6.07) is 2.69. The molecule has 116 valence electrons. The van der Waals surface area contributed by atoms with Crippen molar-refractivity contribution in [3.8, 4) is 0 Å². The van der Waals surface area contributed by atoms with E-state index in [1.54, 1.807) is 0 Å². The van der Waals surface area contributed by atoms with E-state index in [0.717, 1.165) is 12.1 Å². The molecule has 1 aromatic carbocycles. The maximum atomic E-state index is 13.5. The molecular weight excluding hydrogens is 280 g/mol. The van der Waals surface area contributed by atoms with E-state index >= 15 is 0 Å². The molecular formula is C15H19F2NO3. The van der Waals surface area contributed by atoms with Gasteiger partial charge in [0.2, 0.25) is 0 Å². The Kier molecular flexibility index (Phi) is 5.41. The van der Waals surface area contributed by atoms with E-state index in [1.165, 1.54) is 0 Å². The Balaban J connectivity index is 2.75. The highest BCUT2D eigenvalue weighted by atomic mass is 19.1. The number of amides is 1. The lowest BCUT2D eigenvalue weighted by Crippen LogP contribution is -2.36. The average Bonchev–Trinajstić information content (AvgIpc) is 2.32. The van der Waals surface area contributed by atoms with Gasteiger partial charge in [-0.05, 0) is 23.5 Å². The first-order valence-corrected chi connectivity index (χ1v) is 6.56. The molecule has 1 unspecified atom stereocenters. The lowest BCUT2D eigenvalue weighted by molar-refractivity contribution is -0.139. The third-order valence-electron chi connectivity index (χ3n) is 3.33. The van der Waals surface area contributed by atoms with E-state index in [0.29, 0.717) is 6.07 Å². The molecule has 0 aliphatic heterocycles. The predicted molar refractivity (Wildman–Crippen MR) is 73.9 cm³/mol. The van der Waals surface area contributed by atoms with Gasteiger partial charge in [0, 0.05) is 12.6 Å². The summed E-state index contributed by atoms with van der Waals surface area (Å²) in [7, 11) is 0. The van der Waals surface area contributed by atoms with Crippen LogP contribution in [0.3, 0.4) is 0 Å². The number of rotatable bonds is 5. The van der Waals surface area contributed by atoms with Gasteiger partial charge in [0.1, 0.15) is 11.6 Å². The number of aliphatic carboxylic acids is 1. The molecule has 1 atom stereocenters. The maximum Gasteiger partial charge on any atom is 0.303 e. The van der Waals surface area contributed by atoms with Crippen molar-refractivity contribution >= 4 is 11.9 Å². The minimum Gasteiger partial charge on any atom is -0.481 e. The van der Waals surface area contributed by atoms with Gasteiger partial charge in [0.05, 0.1) is 12.0 Å². The van der Waals surface area contributed by atoms with Crippen LogP contribution in [0.4, 0.5) is 8.78 Å². The standard InChI is InChI=1S/C15H19F2NO3/c1-15(2,3)9(6-13(19)20)8-18-14(21)11-5-4-10(16)7-12(11)17/h4-5,7,9H,6,8H2,1-3H3,(H,18,21)(H,19,20). The SMILES string of the molecule is CC(C)(C)C(CNC(=O)c1ccc(F)cc1F)CC(=O)O. The van der Waals surface area contributed by atoms with E-state index in [9.17, 15) is 18.4 Å². The lowest BCUT2D eigenvalue weighted by Gasteiger charge is -2.29. The van der Waals surface area contributed by atoms with Gasteiger partial charge in [-0.1, -0.05) is 20.8 Å². The Morgan fingerprint density at radius 1 is 1.29 bits per heavy atom. The summed E-state index contributed by atoms with van der Waals surface area (Å²) in [6.45, 7) is 5.70. The second-order valence-corrected chi connectivity index (χ2v) is 6.00. The number of nitrogens with one attached hydrogen (secondary N) is 1. The number of halogens is 2. The number of hydrogen-bond donors (Lipinski definition) is 2. The Labute approximate surface area is 122 Å². The van der Waals surface area contributed by atoms with Gasteiger partial charge in [-0.2, -0.15) is 0 Å². The topological polar surface area (TPSA) is 66.4 Å². The van der Waals surface area contributed by atoms with Crippen molar-refractivity contribution in [2.45, 2.75) is 27.2 Å². The molecule has 0 heterocycles. The molecule has 0 aromatic heterocycles. The molecule has 1 aromatic rings. The molecule has 4 nitrogen and oxygen atoms in total. The van der Waals surface area contributed by atoms with Crippen LogP contribution in [-0.2, 0) is 4.79 Å². The first-order chi connectivity index (χ1) is 9.61. The lowest BCUT2D eigenvalue weighted by atomic mass is 9.78. The van der Waals surface area contributed by atoms with E-state index in [1.807, 2.05) is 20.8 Å². The van der Waals surface area contributed by atoms with Crippen molar-refractivity contribution in [2.75, 3.05) is 6.54 Å². The smallest absolute Gasteiger partial charge is 0.303 e. The van der Waals surface area contributed by atoms with Gasteiger partial charge >= 0.3 is 5.97 Å². The van der Waals surface area contributed by atoms with Crippen LogP contribution < -0.4 is 5.32 Å². The van der Waals surface area contributed by atoms with Gasteiger partial charge in [-0.15, -0.1) is 0 Å². The summed E-state index contributed by atoms with van der Waals surface area (Å²) in [5, 5.41) is 11.4. The third-order valence-corrected chi connectivity index (χ3v) is 3.33. The van der Waals surface area contributed by atoms with Crippen LogP contribution in [0.1, 0.15) is 37.6 Å². The molecule has 0 spiro atoms. The van der Waals surface area contributed by atoms with Crippen LogP contribution in [-0.4, -0.2) is 23.5 Å². The molecule has 0 radical (unpaired) electrons. The summed E-state index contributed by atoms with van der Waals surface area (Å²) in [5.74, 6) is -3.66. The molecule has 1 amide bonds. The number of carbonyl (C=O) groups is 2. The van der Waals surface area contributed by atoms with Crippen molar-refractivity contribution in [3.05, 3.63) is 35.4 Å². The Morgan fingerprint density at radius 3 is 2.38 bits per heavy atom. The molecule has 0 bridgehead atoms. The zero-order valence-corrected chi connectivity index (χ0v) is 12.2. The Hall–Kier alpha value is -1.98. The van der Waals surface area contributed by atoms with Crippen LogP contribution in [0.25, 0.3) is 0 Å². The van der Waals surface area contributed by atoms with E-state index in [-0.39, 0.29) is 29.9 Å². The van der Waals surface area contributed by atoms with Crippen LogP contribution in [0.5, 0.6) is 0 Å². The molecule has 0 aliphatic rings. The quantitative estimate of drug-likeness (QED) is 0.878. The van der Waals surface area contributed by atoms with E-state index in [4.69, 9.17) is 5.11 Å². The van der Waals surface area contributed by atoms with Gasteiger partial charge in [-0.25, -0.2) is 8.78 Å². The molecule has 0 saturated carbocycles. The zero-order valence-electron chi connectivity index (χ0n) is 12.2. The van der Waals surface area contributed by atoms with Crippen molar-refractivity contribution < 1.29 is 23.5 Å². The van der Waals surface area contributed by atoms with Gasteiger partial charge in [-0.3, -0.25) is 9.59 Å². The minimum absolute atomic E-state index is 0.102. The van der Waals surface area contributed by atoms with E-state index in [2.05, 4.69) is 5.32 Å². The fourth-order valence-electron chi connectivity index (χ4n) is 1.88. The maximum absolute atomic E-state index is 13.5.